The summed E-state index contributed by atoms with van der Waals surface area (Å²) in [6, 6.07) is 13.2. The first kappa shape index (κ1) is 42.8. The maximum absolute atomic E-state index is 14.8. The van der Waals surface area contributed by atoms with Crippen LogP contribution in [-0.2, 0) is 51.1 Å². The highest BCUT2D eigenvalue weighted by Gasteiger charge is 2.76. The molecule has 0 aromatic heterocycles. The Balaban J connectivity index is 1.26. The number of unbranched alkanes of at least 4 members (excludes halogenated alkanes) is 4. The molecule has 57 heavy (non-hydrogen) atoms. The van der Waals surface area contributed by atoms with E-state index in [9.17, 15) is 24.6 Å². The van der Waals surface area contributed by atoms with Crippen molar-refractivity contribution < 1.29 is 48.4 Å². The number of carbonyl (C=O) groups excluding carboxylic acids is 3. The molecule has 2 aromatic rings. The molecule has 12 heteroatoms. The van der Waals surface area contributed by atoms with E-state index in [4.69, 9.17) is 23.8 Å². The normalized spacial score (nSPS) is 26.9. The molecule has 4 aliphatic rings. The summed E-state index contributed by atoms with van der Waals surface area (Å²) in [5.41, 5.74) is 0.572. The van der Waals surface area contributed by atoms with Crippen molar-refractivity contribution in [2.24, 2.45) is 5.41 Å². The van der Waals surface area contributed by atoms with Crippen LogP contribution < -0.4 is 5.32 Å². The lowest BCUT2D eigenvalue weighted by Crippen LogP contribution is -2.70. The summed E-state index contributed by atoms with van der Waals surface area (Å²) in [7, 11) is 0. The van der Waals surface area contributed by atoms with Gasteiger partial charge < -0.3 is 34.5 Å². The number of amides is 1. The number of aliphatic hydroxyl groups excluding tert-OH is 1. The van der Waals surface area contributed by atoms with Crippen molar-refractivity contribution in [2.45, 2.75) is 166 Å². The number of rotatable bonds is 19. The lowest BCUT2D eigenvalue weighted by atomic mass is 9.62. The number of hydrogen-bond donors (Lipinski definition) is 3. The molecule has 3 heterocycles. The molecule has 3 saturated heterocycles. The van der Waals surface area contributed by atoms with Crippen LogP contribution in [0.15, 0.2) is 54.6 Å². The molecule has 312 valence electrons. The van der Waals surface area contributed by atoms with Gasteiger partial charge in [0.1, 0.15) is 41.2 Å². The Hall–Kier alpha value is -3.81. The Kier molecular flexibility index (Phi) is 13.8. The van der Waals surface area contributed by atoms with E-state index in [1.165, 1.54) is 0 Å². The van der Waals surface area contributed by atoms with E-state index in [1.807, 2.05) is 48.6 Å². The van der Waals surface area contributed by atoms with Gasteiger partial charge in [-0.2, -0.15) is 5.06 Å². The van der Waals surface area contributed by atoms with Gasteiger partial charge in [-0.1, -0.05) is 94.1 Å². The molecule has 1 aliphatic carbocycles. The van der Waals surface area contributed by atoms with Gasteiger partial charge in [0.15, 0.2) is 11.8 Å². The highest BCUT2D eigenvalue weighted by molar-refractivity contribution is 5.93. The van der Waals surface area contributed by atoms with E-state index in [1.54, 1.807) is 38.0 Å². The fraction of sp³-hybridized carbons (Fsp3) is 0.622. The molecule has 4 fully saturated rings. The first-order chi connectivity index (χ1) is 27.3. The summed E-state index contributed by atoms with van der Waals surface area (Å²) in [6.07, 6.45) is 9.26. The number of hydrogen-bond acceptors (Lipinski definition) is 11. The second-order valence-corrected chi connectivity index (χ2v) is 17.2. The van der Waals surface area contributed by atoms with Crippen LogP contribution in [0.5, 0.6) is 5.75 Å². The Morgan fingerprint density at radius 2 is 1.68 bits per heavy atom. The maximum Gasteiger partial charge on any atom is 0.327 e. The standard InChI is InChI=1S/C45H62N2O10/c1-6-8-12-25-44(26-13-9-7-2)55-37-35-27-45(42(52)46-33(29-48)23-24-36(50)54-43(3,4)5)39(41(51)53-35)47(57-40(45)38(37)56-44)28-31-21-19-30(20-22-31)15-14-17-32-16-10-11-18-34(32)49/h10-11,14-16,18-22,33,35,37-40,48-49H,6-9,12-13,17,23-29H2,1-5H3,(H,46,52). The number of nitrogens with zero attached hydrogens (tertiary/aromatic N) is 1. The van der Waals surface area contributed by atoms with E-state index in [0.717, 1.165) is 55.2 Å². The average Bonchev–Trinajstić information content (AvgIpc) is 3.72. The minimum absolute atomic E-state index is 0.00444. The van der Waals surface area contributed by atoms with Crippen LogP contribution in [0, 0.1) is 5.41 Å². The molecule has 1 amide bonds. The van der Waals surface area contributed by atoms with Gasteiger partial charge >= 0.3 is 11.9 Å². The van der Waals surface area contributed by atoms with Gasteiger partial charge in [0.05, 0.1) is 19.2 Å². The monoisotopic (exact) mass is 790 g/mol. The van der Waals surface area contributed by atoms with Gasteiger partial charge in [0, 0.05) is 25.7 Å². The second-order valence-electron chi connectivity index (χ2n) is 17.2. The van der Waals surface area contributed by atoms with Crippen LogP contribution in [0.2, 0.25) is 0 Å². The van der Waals surface area contributed by atoms with E-state index in [2.05, 4.69) is 19.2 Å². The summed E-state index contributed by atoms with van der Waals surface area (Å²) in [4.78, 5) is 48.4. The fourth-order valence-electron chi connectivity index (χ4n) is 8.83. The number of esters is 2. The molecule has 0 spiro atoms. The Labute approximate surface area is 337 Å². The largest absolute Gasteiger partial charge is 0.508 e. The second kappa shape index (κ2) is 18.4. The number of ether oxygens (including phenoxy) is 4. The Morgan fingerprint density at radius 1 is 1.00 bits per heavy atom. The predicted molar refractivity (Wildman–Crippen MR) is 213 cm³/mol. The van der Waals surface area contributed by atoms with Gasteiger partial charge in [-0.3, -0.25) is 19.2 Å². The van der Waals surface area contributed by atoms with Gasteiger partial charge in [0.2, 0.25) is 5.91 Å². The topological polar surface area (TPSA) is 153 Å². The number of fused-ring (bicyclic) bond motifs is 4. The lowest BCUT2D eigenvalue weighted by Gasteiger charge is -2.49. The molecule has 1 saturated carbocycles. The SMILES string of the molecule is CCCCCC1(CCCCC)OC2C3CC4(C(=O)NC(CO)CCC(=O)OC(C)(C)C)C(ON(Cc5ccc(C=CCc6ccccc6O)cc5)C4C(=O)O3)C2O1. The van der Waals surface area contributed by atoms with Crippen LogP contribution in [0.3, 0.4) is 0 Å². The van der Waals surface area contributed by atoms with Crippen molar-refractivity contribution in [2.75, 3.05) is 6.61 Å². The van der Waals surface area contributed by atoms with Crippen molar-refractivity contribution in [3.63, 3.8) is 0 Å². The summed E-state index contributed by atoms with van der Waals surface area (Å²) in [6.45, 7) is 9.45. The molecule has 0 radical (unpaired) electrons. The molecule has 12 nitrogen and oxygen atoms in total. The molecule has 2 bridgehead atoms. The third-order valence-corrected chi connectivity index (χ3v) is 11.6. The van der Waals surface area contributed by atoms with Gasteiger partial charge in [-0.05, 0) is 69.2 Å². The number of nitrogens with one attached hydrogen (secondary N) is 1. The number of phenols is 1. The van der Waals surface area contributed by atoms with Gasteiger partial charge in [0.25, 0.3) is 0 Å². The Bertz CT molecular complexity index is 1710. The fourth-order valence-corrected chi connectivity index (χ4v) is 8.83. The van der Waals surface area contributed by atoms with Crippen LogP contribution in [0.25, 0.3) is 6.08 Å². The summed E-state index contributed by atoms with van der Waals surface area (Å²) in [5.74, 6) is -2.09. The van der Waals surface area contributed by atoms with Crippen molar-refractivity contribution in [3.8, 4) is 5.75 Å². The third kappa shape index (κ3) is 9.74. The van der Waals surface area contributed by atoms with E-state index >= 15 is 0 Å². The number of para-hydroxylation sites is 1. The van der Waals surface area contributed by atoms with E-state index in [0.29, 0.717) is 19.3 Å². The summed E-state index contributed by atoms with van der Waals surface area (Å²) >= 11 is 0. The highest BCUT2D eigenvalue weighted by atomic mass is 16.8. The van der Waals surface area contributed by atoms with Crippen molar-refractivity contribution in [1.29, 1.82) is 0 Å². The predicted octanol–water partition coefficient (Wildman–Crippen LogP) is 6.69. The summed E-state index contributed by atoms with van der Waals surface area (Å²) < 4.78 is 25.5. The number of hydroxylamine groups is 2. The van der Waals surface area contributed by atoms with E-state index in [-0.39, 0.29) is 31.6 Å². The molecule has 7 unspecified atom stereocenters. The highest BCUT2D eigenvalue weighted by Crippen LogP contribution is 2.58. The van der Waals surface area contributed by atoms with Crippen molar-refractivity contribution in [3.05, 3.63) is 71.3 Å². The number of carbonyl (C=O) groups is 3. The van der Waals surface area contributed by atoms with Crippen LogP contribution >= 0.6 is 0 Å². The first-order valence-electron chi connectivity index (χ1n) is 21.0. The summed E-state index contributed by atoms with van der Waals surface area (Å²) in [5, 5.41) is 25.1. The number of aromatic hydroxyl groups is 1. The number of phenolic OH excluding ortho intramolecular Hbond substituents is 1. The minimum atomic E-state index is -1.42. The average molecular weight is 791 g/mol. The van der Waals surface area contributed by atoms with Crippen molar-refractivity contribution >= 4 is 23.9 Å². The third-order valence-electron chi connectivity index (χ3n) is 11.6. The maximum atomic E-state index is 14.8. The molecule has 7 atom stereocenters. The van der Waals surface area contributed by atoms with E-state index < -0.39 is 77.8 Å². The molecule has 3 N–H and O–H groups in total. The van der Waals surface area contributed by atoms with Crippen LogP contribution in [-0.4, -0.2) is 87.6 Å². The van der Waals surface area contributed by atoms with Gasteiger partial charge in [-0.25, -0.2) is 0 Å². The van der Waals surface area contributed by atoms with Gasteiger partial charge in [-0.15, -0.1) is 0 Å². The number of allylic oxidation sites excluding steroid dienone is 1. The molecular weight excluding hydrogens is 728 g/mol. The smallest absolute Gasteiger partial charge is 0.327 e. The quantitative estimate of drug-likeness (QED) is 0.103. The zero-order valence-electron chi connectivity index (χ0n) is 34.2. The molecule has 2 aromatic carbocycles. The number of benzene rings is 2. The zero-order valence-corrected chi connectivity index (χ0v) is 34.2. The van der Waals surface area contributed by atoms with Crippen molar-refractivity contribution in [1.82, 2.24) is 10.4 Å². The first-order valence-corrected chi connectivity index (χ1v) is 21.0. The lowest BCUT2D eigenvalue weighted by molar-refractivity contribution is -0.224. The molecular formula is C45H62N2O10. The van der Waals surface area contributed by atoms with Crippen LogP contribution in [0.1, 0.15) is 122 Å². The Morgan fingerprint density at radius 3 is 2.33 bits per heavy atom. The van der Waals surface area contributed by atoms with Crippen LogP contribution in [0.4, 0.5) is 0 Å². The molecule has 6 rings (SSSR count). The molecule has 3 aliphatic heterocycles. The number of aliphatic hydroxyl groups is 1. The zero-order chi connectivity index (χ0) is 40.8. The minimum Gasteiger partial charge on any atom is -0.508 e.